The number of hydrogen-bond donors (Lipinski definition) is 2. The van der Waals surface area contributed by atoms with Crippen molar-refractivity contribution < 1.29 is 14.7 Å². The van der Waals surface area contributed by atoms with Gasteiger partial charge in [0.15, 0.2) is 0 Å². The first-order chi connectivity index (χ1) is 13.1. The van der Waals surface area contributed by atoms with Crippen molar-refractivity contribution in [3.63, 3.8) is 0 Å². The fourth-order valence-electron chi connectivity index (χ4n) is 4.07. The van der Waals surface area contributed by atoms with E-state index in [1.807, 2.05) is 11.8 Å². The van der Waals surface area contributed by atoms with E-state index >= 15 is 0 Å². The molecule has 2 amide bonds. The van der Waals surface area contributed by atoms with Crippen LogP contribution in [-0.2, 0) is 9.59 Å². The predicted octanol–water partition coefficient (Wildman–Crippen LogP) is 2.83. The van der Waals surface area contributed by atoms with E-state index < -0.39 is 0 Å². The first-order valence-electron chi connectivity index (χ1n) is 10.2. The molecule has 0 spiro atoms. The minimum Gasteiger partial charge on any atom is -0.506 e. The Balaban J connectivity index is 1.49. The van der Waals surface area contributed by atoms with E-state index in [1.54, 1.807) is 24.3 Å². The first kappa shape index (κ1) is 19.7. The van der Waals surface area contributed by atoms with Crippen molar-refractivity contribution in [2.45, 2.75) is 51.5 Å². The van der Waals surface area contributed by atoms with Crippen molar-refractivity contribution in [1.29, 1.82) is 0 Å². The molecule has 148 valence electrons. The van der Waals surface area contributed by atoms with Crippen LogP contribution in [-0.4, -0.2) is 58.9 Å². The molecule has 2 N–H and O–H groups in total. The molecule has 2 aliphatic rings. The third-order valence-electron chi connectivity index (χ3n) is 5.89. The highest BCUT2D eigenvalue weighted by molar-refractivity contribution is 5.94. The van der Waals surface area contributed by atoms with Crippen LogP contribution in [0.4, 0.5) is 5.69 Å². The fourth-order valence-corrected chi connectivity index (χ4v) is 4.07. The monoisotopic (exact) mass is 373 g/mol. The number of aromatic hydroxyl groups is 1. The minimum atomic E-state index is -0.120. The second kappa shape index (κ2) is 9.22. The van der Waals surface area contributed by atoms with Crippen molar-refractivity contribution >= 4 is 17.5 Å². The number of piperidine rings is 1. The maximum atomic E-state index is 12.8. The van der Waals surface area contributed by atoms with E-state index in [9.17, 15) is 14.7 Å². The number of likely N-dealkylation sites (tertiary alicyclic amines) is 2. The van der Waals surface area contributed by atoms with Crippen LogP contribution < -0.4 is 5.32 Å². The van der Waals surface area contributed by atoms with Crippen LogP contribution >= 0.6 is 0 Å². The number of carbonyl (C=O) groups is 2. The maximum Gasteiger partial charge on any atom is 0.239 e. The number of phenolic OH excluding ortho intramolecular Hbond substituents is 1. The molecule has 2 aliphatic heterocycles. The predicted molar refractivity (Wildman–Crippen MR) is 106 cm³/mol. The SMILES string of the molecule is C[C@@H](C(=O)N1CCCCCC1)N1CCC(C(=O)Nc2ccccc2O)CC1. The van der Waals surface area contributed by atoms with Crippen molar-refractivity contribution in [2.24, 2.45) is 5.92 Å². The Bertz CT molecular complexity index is 648. The van der Waals surface area contributed by atoms with E-state index in [0.29, 0.717) is 5.69 Å². The van der Waals surface area contributed by atoms with Crippen molar-refractivity contribution in [1.82, 2.24) is 9.80 Å². The standard InChI is InChI=1S/C21H31N3O3/c1-16(21(27)24-12-6-2-3-7-13-24)23-14-10-17(11-15-23)20(26)22-18-8-4-5-9-19(18)25/h4-5,8-9,16-17,25H,2-3,6-7,10-15H2,1H3,(H,22,26)/t16-/m0/s1. The summed E-state index contributed by atoms with van der Waals surface area (Å²) >= 11 is 0. The number of phenols is 1. The molecule has 1 aromatic carbocycles. The molecule has 0 bridgehead atoms. The number of anilines is 1. The third-order valence-corrected chi connectivity index (χ3v) is 5.89. The lowest BCUT2D eigenvalue weighted by molar-refractivity contribution is -0.137. The Morgan fingerprint density at radius 3 is 2.30 bits per heavy atom. The van der Waals surface area contributed by atoms with Gasteiger partial charge in [0.1, 0.15) is 5.75 Å². The Morgan fingerprint density at radius 1 is 1.04 bits per heavy atom. The largest absolute Gasteiger partial charge is 0.506 e. The van der Waals surface area contributed by atoms with Gasteiger partial charge in [-0.05, 0) is 57.8 Å². The highest BCUT2D eigenvalue weighted by Gasteiger charge is 2.32. The number of rotatable bonds is 4. The molecule has 0 radical (unpaired) electrons. The second-order valence-corrected chi connectivity index (χ2v) is 7.73. The number of para-hydroxylation sites is 2. The molecule has 0 saturated carbocycles. The summed E-state index contributed by atoms with van der Waals surface area (Å²) in [5, 5.41) is 12.6. The summed E-state index contributed by atoms with van der Waals surface area (Å²) in [5.74, 6) is 0.179. The van der Waals surface area contributed by atoms with Gasteiger partial charge in [0.25, 0.3) is 0 Å². The van der Waals surface area contributed by atoms with E-state index in [0.717, 1.165) is 51.9 Å². The highest BCUT2D eigenvalue weighted by Crippen LogP contribution is 2.25. The molecule has 0 unspecified atom stereocenters. The highest BCUT2D eigenvalue weighted by atomic mass is 16.3. The molecule has 1 aromatic rings. The topological polar surface area (TPSA) is 72.9 Å². The van der Waals surface area contributed by atoms with Crippen LogP contribution in [0.15, 0.2) is 24.3 Å². The van der Waals surface area contributed by atoms with E-state index in [2.05, 4.69) is 10.2 Å². The quantitative estimate of drug-likeness (QED) is 0.796. The van der Waals surface area contributed by atoms with E-state index in [4.69, 9.17) is 0 Å². The zero-order valence-electron chi connectivity index (χ0n) is 16.2. The Labute approximate surface area is 161 Å². The number of amides is 2. The van der Waals surface area contributed by atoms with Crippen molar-refractivity contribution in [3.05, 3.63) is 24.3 Å². The summed E-state index contributed by atoms with van der Waals surface area (Å²) in [4.78, 5) is 29.5. The van der Waals surface area contributed by atoms with Crippen LogP contribution in [0.3, 0.4) is 0 Å². The number of hydrogen-bond acceptors (Lipinski definition) is 4. The molecule has 1 atom stereocenters. The number of nitrogens with one attached hydrogen (secondary N) is 1. The van der Waals surface area contributed by atoms with Crippen LogP contribution in [0.5, 0.6) is 5.75 Å². The number of benzene rings is 1. The molecule has 6 heteroatoms. The number of carbonyl (C=O) groups excluding carboxylic acids is 2. The summed E-state index contributed by atoms with van der Waals surface area (Å²) in [6.45, 7) is 5.25. The molecule has 6 nitrogen and oxygen atoms in total. The molecule has 2 fully saturated rings. The molecular weight excluding hydrogens is 342 g/mol. The fraction of sp³-hybridized carbons (Fsp3) is 0.619. The van der Waals surface area contributed by atoms with Crippen LogP contribution in [0.2, 0.25) is 0 Å². The van der Waals surface area contributed by atoms with Gasteiger partial charge in [0.05, 0.1) is 11.7 Å². The Morgan fingerprint density at radius 2 is 1.67 bits per heavy atom. The zero-order valence-corrected chi connectivity index (χ0v) is 16.2. The Kier molecular flexibility index (Phi) is 6.72. The Hall–Kier alpha value is -2.08. The van der Waals surface area contributed by atoms with Crippen LogP contribution in [0.1, 0.15) is 45.4 Å². The summed E-state index contributed by atoms with van der Waals surface area (Å²) in [7, 11) is 0. The molecule has 2 heterocycles. The van der Waals surface area contributed by atoms with Crippen LogP contribution in [0, 0.1) is 5.92 Å². The van der Waals surface area contributed by atoms with Crippen molar-refractivity contribution in [3.8, 4) is 5.75 Å². The molecule has 3 rings (SSSR count). The molecule has 2 saturated heterocycles. The first-order valence-corrected chi connectivity index (χ1v) is 10.2. The van der Waals surface area contributed by atoms with Crippen LogP contribution in [0.25, 0.3) is 0 Å². The second-order valence-electron chi connectivity index (χ2n) is 7.73. The van der Waals surface area contributed by atoms with Gasteiger partial charge in [-0.1, -0.05) is 25.0 Å². The van der Waals surface area contributed by atoms with Gasteiger partial charge >= 0.3 is 0 Å². The zero-order chi connectivity index (χ0) is 19.2. The number of nitrogens with zero attached hydrogens (tertiary/aromatic N) is 2. The van der Waals surface area contributed by atoms with Gasteiger partial charge in [-0.25, -0.2) is 0 Å². The average Bonchev–Trinajstić information content (AvgIpc) is 2.98. The molecular formula is C21H31N3O3. The smallest absolute Gasteiger partial charge is 0.239 e. The van der Waals surface area contributed by atoms with E-state index in [-0.39, 0.29) is 29.5 Å². The lowest BCUT2D eigenvalue weighted by Crippen LogP contribution is -2.50. The molecule has 0 aromatic heterocycles. The molecule has 27 heavy (non-hydrogen) atoms. The normalized spacial score (nSPS) is 20.7. The van der Waals surface area contributed by atoms with Gasteiger partial charge in [-0.15, -0.1) is 0 Å². The van der Waals surface area contributed by atoms with Gasteiger partial charge in [-0.2, -0.15) is 0 Å². The van der Waals surface area contributed by atoms with Gasteiger partial charge in [0, 0.05) is 19.0 Å². The van der Waals surface area contributed by atoms with Gasteiger partial charge in [0.2, 0.25) is 11.8 Å². The molecule has 0 aliphatic carbocycles. The summed E-state index contributed by atoms with van der Waals surface area (Å²) < 4.78 is 0. The lowest BCUT2D eigenvalue weighted by atomic mass is 9.94. The van der Waals surface area contributed by atoms with Gasteiger partial charge < -0.3 is 15.3 Å². The van der Waals surface area contributed by atoms with Crippen molar-refractivity contribution in [2.75, 3.05) is 31.5 Å². The summed E-state index contributed by atoms with van der Waals surface area (Å²) in [6.07, 6.45) is 6.11. The summed E-state index contributed by atoms with van der Waals surface area (Å²) in [5.41, 5.74) is 0.453. The van der Waals surface area contributed by atoms with E-state index in [1.165, 1.54) is 12.8 Å². The minimum absolute atomic E-state index is 0.0531. The lowest BCUT2D eigenvalue weighted by Gasteiger charge is -2.36. The third kappa shape index (κ3) is 5.01. The van der Waals surface area contributed by atoms with Gasteiger partial charge in [-0.3, -0.25) is 14.5 Å². The average molecular weight is 373 g/mol. The maximum absolute atomic E-state index is 12.8. The summed E-state index contributed by atoms with van der Waals surface area (Å²) in [6, 6.07) is 6.66.